The minimum atomic E-state index is -1.07. The number of amides is 1. The molecule has 16 heavy (non-hydrogen) atoms. The summed E-state index contributed by atoms with van der Waals surface area (Å²) in [7, 11) is 0. The number of carboxylic acids is 1. The molecule has 6 nitrogen and oxygen atoms in total. The van der Waals surface area contributed by atoms with Gasteiger partial charge in [-0.1, -0.05) is 0 Å². The maximum absolute atomic E-state index is 11.1. The van der Waals surface area contributed by atoms with E-state index in [-0.39, 0.29) is 5.91 Å². The van der Waals surface area contributed by atoms with E-state index < -0.39 is 12.0 Å². The molecule has 0 aromatic carbocycles. The van der Waals surface area contributed by atoms with Crippen LogP contribution in [-0.2, 0) is 9.59 Å². The summed E-state index contributed by atoms with van der Waals surface area (Å²) in [5, 5.41) is 11.5. The predicted octanol–water partition coefficient (Wildman–Crippen LogP) is 0.480. The van der Waals surface area contributed by atoms with E-state index in [9.17, 15) is 9.59 Å². The number of imidazole rings is 1. The second kappa shape index (κ2) is 3.96. The van der Waals surface area contributed by atoms with Crippen LogP contribution in [0.15, 0.2) is 12.5 Å². The number of hydrogen-bond acceptors (Lipinski definition) is 3. The largest absolute Gasteiger partial charge is 0.479 e. The van der Waals surface area contributed by atoms with E-state index >= 15 is 0 Å². The Morgan fingerprint density at radius 2 is 2.31 bits per heavy atom. The third-order valence-corrected chi connectivity index (χ3v) is 2.53. The van der Waals surface area contributed by atoms with Crippen LogP contribution in [0.1, 0.15) is 37.5 Å². The molecule has 1 saturated carbocycles. The summed E-state index contributed by atoms with van der Waals surface area (Å²) >= 11 is 0. The summed E-state index contributed by atoms with van der Waals surface area (Å²) in [6, 6.07) is -0.672. The van der Waals surface area contributed by atoms with Crippen molar-refractivity contribution in [1.29, 1.82) is 0 Å². The van der Waals surface area contributed by atoms with Gasteiger partial charge >= 0.3 is 5.97 Å². The van der Waals surface area contributed by atoms with Crippen molar-refractivity contribution in [3.8, 4) is 0 Å². The van der Waals surface area contributed by atoms with Crippen molar-refractivity contribution in [2.45, 2.75) is 31.8 Å². The molecule has 1 aliphatic rings. The highest BCUT2D eigenvalue weighted by molar-refractivity contribution is 5.82. The van der Waals surface area contributed by atoms with Crippen molar-refractivity contribution in [2.24, 2.45) is 0 Å². The van der Waals surface area contributed by atoms with Crippen LogP contribution in [0.5, 0.6) is 0 Å². The number of nitrogens with one attached hydrogen (secondary N) is 1. The van der Waals surface area contributed by atoms with Gasteiger partial charge < -0.3 is 15.0 Å². The molecule has 1 amide bonds. The first-order valence-electron chi connectivity index (χ1n) is 5.11. The van der Waals surface area contributed by atoms with E-state index in [4.69, 9.17) is 5.11 Å². The van der Waals surface area contributed by atoms with E-state index in [1.54, 1.807) is 6.33 Å². The van der Waals surface area contributed by atoms with Crippen molar-refractivity contribution >= 4 is 11.9 Å². The van der Waals surface area contributed by atoms with Crippen LogP contribution >= 0.6 is 0 Å². The van der Waals surface area contributed by atoms with Gasteiger partial charge in [0.25, 0.3) is 0 Å². The van der Waals surface area contributed by atoms with Crippen LogP contribution in [0, 0.1) is 0 Å². The van der Waals surface area contributed by atoms with Gasteiger partial charge in [0.1, 0.15) is 0 Å². The lowest BCUT2D eigenvalue weighted by Gasteiger charge is -2.15. The van der Waals surface area contributed by atoms with E-state index in [2.05, 4.69) is 10.3 Å². The third kappa shape index (κ3) is 2.05. The average Bonchev–Trinajstić information content (AvgIpc) is 2.93. The first-order valence-corrected chi connectivity index (χ1v) is 5.11. The maximum atomic E-state index is 11.1. The van der Waals surface area contributed by atoms with Gasteiger partial charge in [-0.25, -0.2) is 9.78 Å². The number of hydrogen-bond donors (Lipinski definition) is 2. The lowest BCUT2D eigenvalue weighted by molar-refractivity contribution is -0.141. The highest BCUT2D eigenvalue weighted by Gasteiger charge is 2.31. The number of carboxylic acid groups (broad SMARTS) is 1. The smallest absolute Gasteiger partial charge is 0.332 e. The van der Waals surface area contributed by atoms with E-state index in [0.717, 1.165) is 12.8 Å². The van der Waals surface area contributed by atoms with E-state index in [0.29, 0.717) is 11.7 Å². The van der Waals surface area contributed by atoms with Crippen LogP contribution in [-0.4, -0.2) is 26.5 Å². The van der Waals surface area contributed by atoms with Crippen molar-refractivity contribution in [1.82, 2.24) is 14.9 Å². The molecular weight excluding hydrogens is 210 g/mol. The average molecular weight is 223 g/mol. The molecule has 86 valence electrons. The Hall–Kier alpha value is -1.85. The second-order valence-electron chi connectivity index (χ2n) is 3.93. The molecule has 6 heteroatoms. The molecule has 0 bridgehead atoms. The molecule has 0 radical (unpaired) electrons. The molecule has 0 spiro atoms. The topological polar surface area (TPSA) is 84.2 Å². The minimum Gasteiger partial charge on any atom is -0.479 e. The number of rotatable bonds is 4. The normalized spacial score (nSPS) is 16.8. The summed E-state index contributed by atoms with van der Waals surface area (Å²) in [5.41, 5.74) is 0.533. The molecule has 0 aliphatic heterocycles. The summed E-state index contributed by atoms with van der Waals surface area (Å²) in [4.78, 5) is 26.0. The van der Waals surface area contributed by atoms with Crippen molar-refractivity contribution in [2.75, 3.05) is 0 Å². The van der Waals surface area contributed by atoms with E-state index in [1.807, 2.05) is 4.57 Å². The monoisotopic (exact) mass is 223 g/mol. The van der Waals surface area contributed by atoms with Gasteiger partial charge in [-0.3, -0.25) is 4.79 Å². The lowest BCUT2D eigenvalue weighted by Crippen LogP contribution is -2.33. The fraction of sp³-hybridized carbons (Fsp3) is 0.500. The van der Waals surface area contributed by atoms with Gasteiger partial charge in [0, 0.05) is 13.0 Å². The lowest BCUT2D eigenvalue weighted by atomic mass is 10.2. The SMILES string of the molecule is CC(=O)NC(C(=O)O)c1cncn1C1CC1. The second-order valence-corrected chi connectivity index (χ2v) is 3.93. The van der Waals surface area contributed by atoms with Crippen LogP contribution < -0.4 is 5.32 Å². The summed E-state index contributed by atoms with van der Waals surface area (Å²) < 4.78 is 1.83. The summed E-state index contributed by atoms with van der Waals surface area (Å²) in [6.45, 7) is 1.30. The molecule has 0 saturated heterocycles. The van der Waals surface area contributed by atoms with Gasteiger partial charge in [-0.2, -0.15) is 0 Å². The van der Waals surface area contributed by atoms with Crippen molar-refractivity contribution < 1.29 is 14.7 Å². The van der Waals surface area contributed by atoms with Crippen LogP contribution in [0.2, 0.25) is 0 Å². The number of carbonyl (C=O) groups is 2. The molecule has 1 atom stereocenters. The Morgan fingerprint density at radius 3 is 2.81 bits per heavy atom. The van der Waals surface area contributed by atoms with Crippen molar-refractivity contribution in [3.63, 3.8) is 0 Å². The first-order chi connectivity index (χ1) is 7.59. The minimum absolute atomic E-state index is 0.341. The van der Waals surface area contributed by atoms with Crippen molar-refractivity contribution in [3.05, 3.63) is 18.2 Å². The zero-order chi connectivity index (χ0) is 11.7. The highest BCUT2D eigenvalue weighted by Crippen LogP contribution is 2.36. The number of aromatic nitrogens is 2. The molecular formula is C10H13N3O3. The summed E-state index contributed by atoms with van der Waals surface area (Å²) in [5.74, 6) is -1.44. The number of nitrogens with zero attached hydrogens (tertiary/aromatic N) is 2. The molecule has 2 rings (SSSR count). The Kier molecular flexibility index (Phi) is 2.64. The van der Waals surface area contributed by atoms with Gasteiger partial charge in [0.15, 0.2) is 6.04 Å². The standard InChI is InChI=1S/C10H13N3O3/c1-6(14)12-9(10(15)16)8-4-11-5-13(8)7-2-3-7/h4-5,7,9H,2-3H2,1H3,(H,12,14)(H,15,16). The Morgan fingerprint density at radius 1 is 1.62 bits per heavy atom. The quantitative estimate of drug-likeness (QED) is 0.777. The molecule has 1 aliphatic carbocycles. The zero-order valence-corrected chi connectivity index (χ0v) is 8.88. The first kappa shape index (κ1) is 10.7. The predicted molar refractivity (Wildman–Crippen MR) is 54.7 cm³/mol. The van der Waals surface area contributed by atoms with Crippen LogP contribution in [0.3, 0.4) is 0 Å². The molecule has 1 fully saturated rings. The number of carbonyl (C=O) groups excluding carboxylic acids is 1. The molecule has 1 unspecified atom stereocenters. The zero-order valence-electron chi connectivity index (χ0n) is 8.88. The summed E-state index contributed by atoms with van der Waals surface area (Å²) in [6.07, 6.45) is 5.18. The third-order valence-electron chi connectivity index (χ3n) is 2.53. The molecule has 1 aromatic heterocycles. The maximum Gasteiger partial charge on any atom is 0.332 e. The van der Waals surface area contributed by atoms with E-state index in [1.165, 1.54) is 13.1 Å². The fourth-order valence-electron chi connectivity index (χ4n) is 1.66. The Bertz CT molecular complexity index is 423. The highest BCUT2D eigenvalue weighted by atomic mass is 16.4. The molecule has 1 aromatic rings. The Labute approximate surface area is 92.3 Å². The van der Waals surface area contributed by atoms with Crippen LogP contribution in [0.25, 0.3) is 0 Å². The van der Waals surface area contributed by atoms with Crippen LogP contribution in [0.4, 0.5) is 0 Å². The van der Waals surface area contributed by atoms with Gasteiger partial charge in [0.05, 0.1) is 18.2 Å². The fourth-order valence-corrected chi connectivity index (χ4v) is 1.66. The molecule has 2 N–H and O–H groups in total. The number of aliphatic carboxylic acids is 1. The van der Waals surface area contributed by atoms with Gasteiger partial charge in [-0.15, -0.1) is 0 Å². The van der Waals surface area contributed by atoms with Gasteiger partial charge in [-0.05, 0) is 12.8 Å². The molecule has 1 heterocycles. The van der Waals surface area contributed by atoms with Gasteiger partial charge in [0.2, 0.25) is 5.91 Å². The Balaban J connectivity index is 2.26.